The third-order valence-electron chi connectivity index (χ3n) is 2.88. The van der Waals surface area contributed by atoms with Gasteiger partial charge in [-0.05, 0) is 19.8 Å². The van der Waals surface area contributed by atoms with Crippen LogP contribution in [-0.2, 0) is 4.79 Å². The quantitative estimate of drug-likeness (QED) is 0.809. The van der Waals surface area contributed by atoms with Crippen LogP contribution in [0.1, 0.15) is 49.5 Å². The Hall–Kier alpha value is -1.52. The van der Waals surface area contributed by atoms with E-state index in [0.29, 0.717) is 11.7 Å². The van der Waals surface area contributed by atoms with E-state index in [-0.39, 0.29) is 0 Å². The average molecular weight is 207 g/mol. The Morgan fingerprint density at radius 3 is 2.87 bits per heavy atom. The van der Waals surface area contributed by atoms with Crippen LogP contribution in [0.4, 0.5) is 0 Å². The van der Waals surface area contributed by atoms with Crippen molar-refractivity contribution in [3.63, 3.8) is 0 Å². The van der Waals surface area contributed by atoms with Crippen molar-refractivity contribution >= 4 is 5.97 Å². The van der Waals surface area contributed by atoms with Crippen LogP contribution in [0.3, 0.4) is 0 Å². The van der Waals surface area contributed by atoms with Gasteiger partial charge in [-0.15, -0.1) is 5.10 Å². The van der Waals surface area contributed by atoms with Gasteiger partial charge in [0.15, 0.2) is 5.82 Å². The molecule has 0 saturated heterocycles. The summed E-state index contributed by atoms with van der Waals surface area (Å²) in [4.78, 5) is 15.0. The smallest absolute Gasteiger partial charge is 0.314 e. The molecule has 0 aromatic carbocycles. The van der Waals surface area contributed by atoms with Crippen molar-refractivity contribution in [2.24, 2.45) is 0 Å². The molecule has 0 aliphatic heterocycles. The van der Waals surface area contributed by atoms with Gasteiger partial charge in [0.25, 0.3) is 0 Å². The number of hydrogen-bond donors (Lipinski definition) is 1. The van der Waals surface area contributed by atoms with Gasteiger partial charge < -0.3 is 5.11 Å². The maximum atomic E-state index is 10.8. The summed E-state index contributed by atoms with van der Waals surface area (Å²) < 4.78 is 0. The van der Waals surface area contributed by atoms with Gasteiger partial charge in [-0.2, -0.15) is 5.10 Å². The van der Waals surface area contributed by atoms with Crippen molar-refractivity contribution in [2.75, 3.05) is 0 Å². The van der Waals surface area contributed by atoms with Crippen LogP contribution in [0.2, 0.25) is 0 Å². The normalized spacial score (nSPS) is 18.2. The highest BCUT2D eigenvalue weighted by Crippen LogP contribution is 2.34. The molecule has 0 bridgehead atoms. The lowest BCUT2D eigenvalue weighted by Gasteiger charge is -2.24. The van der Waals surface area contributed by atoms with Crippen LogP contribution in [0.15, 0.2) is 6.20 Å². The molecule has 1 heterocycles. The highest BCUT2D eigenvalue weighted by atomic mass is 16.4. The molecule has 1 atom stereocenters. The maximum Gasteiger partial charge on any atom is 0.314 e. The molecule has 1 fully saturated rings. The molecular weight excluding hydrogens is 194 g/mol. The first kappa shape index (κ1) is 10.0. The third kappa shape index (κ3) is 1.95. The van der Waals surface area contributed by atoms with Crippen LogP contribution in [0.25, 0.3) is 0 Å². The molecule has 5 heteroatoms. The van der Waals surface area contributed by atoms with E-state index in [9.17, 15) is 4.79 Å². The number of carboxylic acid groups (broad SMARTS) is 1. The second kappa shape index (κ2) is 3.92. The molecule has 0 spiro atoms. The number of nitrogens with zero attached hydrogens (tertiary/aromatic N) is 3. The largest absolute Gasteiger partial charge is 0.481 e. The number of aromatic nitrogens is 3. The molecule has 1 aromatic heterocycles. The first-order valence-corrected chi connectivity index (χ1v) is 5.11. The first-order valence-electron chi connectivity index (χ1n) is 5.11. The molecule has 0 radical (unpaired) electrons. The van der Waals surface area contributed by atoms with Crippen molar-refractivity contribution in [2.45, 2.75) is 38.0 Å². The zero-order chi connectivity index (χ0) is 10.8. The molecule has 2 rings (SSSR count). The Morgan fingerprint density at radius 2 is 2.33 bits per heavy atom. The number of carboxylic acids is 1. The zero-order valence-electron chi connectivity index (χ0n) is 8.55. The minimum atomic E-state index is -0.914. The standard InChI is InChI=1S/C10H13N3O2/c1-6(10(14)15)9-12-8(5-11-13-9)7-3-2-4-7/h5-7H,2-4H2,1H3,(H,14,15). The lowest BCUT2D eigenvalue weighted by atomic mass is 9.83. The predicted molar refractivity (Wildman–Crippen MR) is 52.5 cm³/mol. The van der Waals surface area contributed by atoms with Crippen molar-refractivity contribution in [3.05, 3.63) is 17.7 Å². The second-order valence-electron chi connectivity index (χ2n) is 3.93. The average Bonchev–Trinajstić information content (AvgIpc) is 2.14. The lowest BCUT2D eigenvalue weighted by Crippen LogP contribution is -2.17. The highest BCUT2D eigenvalue weighted by Gasteiger charge is 2.24. The van der Waals surface area contributed by atoms with Gasteiger partial charge in [0, 0.05) is 5.92 Å². The predicted octanol–water partition coefficient (Wildman–Crippen LogP) is 1.33. The Kier molecular flexibility index (Phi) is 2.62. The summed E-state index contributed by atoms with van der Waals surface area (Å²) in [6.07, 6.45) is 5.11. The maximum absolute atomic E-state index is 10.8. The summed E-state index contributed by atoms with van der Waals surface area (Å²) in [5.41, 5.74) is 0.888. The molecule has 15 heavy (non-hydrogen) atoms. The SMILES string of the molecule is CC(C(=O)O)c1nncc(C2CCC2)n1. The van der Waals surface area contributed by atoms with E-state index < -0.39 is 11.9 Å². The fraction of sp³-hybridized carbons (Fsp3) is 0.600. The van der Waals surface area contributed by atoms with Crippen LogP contribution in [0, 0.1) is 0 Å². The van der Waals surface area contributed by atoms with Gasteiger partial charge in [-0.1, -0.05) is 6.42 Å². The van der Waals surface area contributed by atoms with E-state index in [1.807, 2.05) is 0 Å². The Morgan fingerprint density at radius 1 is 1.60 bits per heavy atom. The minimum Gasteiger partial charge on any atom is -0.481 e. The summed E-state index contributed by atoms with van der Waals surface area (Å²) in [7, 11) is 0. The van der Waals surface area contributed by atoms with E-state index in [4.69, 9.17) is 5.11 Å². The minimum absolute atomic E-state index is 0.312. The van der Waals surface area contributed by atoms with Gasteiger partial charge in [-0.25, -0.2) is 4.98 Å². The topological polar surface area (TPSA) is 76.0 Å². The van der Waals surface area contributed by atoms with Crippen molar-refractivity contribution in [1.29, 1.82) is 0 Å². The molecule has 1 aliphatic rings. The van der Waals surface area contributed by atoms with Gasteiger partial charge in [0.1, 0.15) is 5.92 Å². The van der Waals surface area contributed by atoms with Gasteiger partial charge >= 0.3 is 5.97 Å². The molecule has 0 amide bonds. The van der Waals surface area contributed by atoms with Crippen LogP contribution in [-0.4, -0.2) is 26.3 Å². The van der Waals surface area contributed by atoms with Crippen molar-refractivity contribution < 1.29 is 9.90 Å². The zero-order valence-corrected chi connectivity index (χ0v) is 8.55. The summed E-state index contributed by atoms with van der Waals surface area (Å²) in [6.45, 7) is 1.57. The number of hydrogen-bond acceptors (Lipinski definition) is 4. The monoisotopic (exact) mass is 207 g/mol. The molecular formula is C10H13N3O2. The van der Waals surface area contributed by atoms with E-state index >= 15 is 0 Å². The van der Waals surface area contributed by atoms with Crippen molar-refractivity contribution in [3.8, 4) is 0 Å². The number of carbonyl (C=O) groups is 1. The lowest BCUT2D eigenvalue weighted by molar-refractivity contribution is -0.138. The fourth-order valence-corrected chi connectivity index (χ4v) is 1.53. The van der Waals surface area contributed by atoms with E-state index in [0.717, 1.165) is 18.5 Å². The van der Waals surface area contributed by atoms with E-state index in [1.165, 1.54) is 6.42 Å². The second-order valence-corrected chi connectivity index (χ2v) is 3.93. The Labute approximate surface area is 87.6 Å². The van der Waals surface area contributed by atoms with Gasteiger partial charge in [0.2, 0.25) is 0 Å². The molecule has 1 saturated carbocycles. The summed E-state index contributed by atoms with van der Waals surface area (Å²) in [6, 6.07) is 0. The molecule has 1 aromatic rings. The molecule has 80 valence electrons. The molecule has 1 aliphatic carbocycles. The van der Waals surface area contributed by atoms with Crippen LogP contribution < -0.4 is 0 Å². The van der Waals surface area contributed by atoms with E-state index in [2.05, 4.69) is 15.2 Å². The Balaban J connectivity index is 2.21. The molecule has 1 N–H and O–H groups in total. The summed E-state index contributed by atoms with van der Waals surface area (Å²) >= 11 is 0. The van der Waals surface area contributed by atoms with Gasteiger partial charge in [-0.3, -0.25) is 4.79 Å². The molecule has 5 nitrogen and oxygen atoms in total. The number of aliphatic carboxylic acids is 1. The summed E-state index contributed by atoms with van der Waals surface area (Å²) in [5, 5.41) is 16.4. The van der Waals surface area contributed by atoms with Crippen molar-refractivity contribution in [1.82, 2.24) is 15.2 Å². The highest BCUT2D eigenvalue weighted by molar-refractivity contribution is 5.74. The summed E-state index contributed by atoms with van der Waals surface area (Å²) in [5.74, 6) is -0.827. The molecule has 1 unspecified atom stereocenters. The first-order chi connectivity index (χ1) is 7.18. The van der Waals surface area contributed by atoms with Crippen LogP contribution in [0.5, 0.6) is 0 Å². The van der Waals surface area contributed by atoms with Crippen LogP contribution >= 0.6 is 0 Å². The van der Waals surface area contributed by atoms with Gasteiger partial charge in [0.05, 0.1) is 11.9 Å². The Bertz CT molecular complexity index is 377. The van der Waals surface area contributed by atoms with E-state index in [1.54, 1.807) is 13.1 Å². The fourth-order valence-electron chi connectivity index (χ4n) is 1.53. The number of rotatable bonds is 3. The third-order valence-corrected chi connectivity index (χ3v) is 2.88.